The maximum Gasteiger partial charge on any atom is 0.237 e. The summed E-state index contributed by atoms with van der Waals surface area (Å²) in [5.74, 6) is -0.468. The van der Waals surface area contributed by atoms with E-state index < -0.39 is 12.1 Å². The van der Waals surface area contributed by atoms with Crippen molar-refractivity contribution in [3.63, 3.8) is 0 Å². The lowest BCUT2D eigenvalue weighted by molar-refractivity contribution is -0.126. The number of hydrogen-bond donors (Lipinski definition) is 6. The molecule has 4 atom stereocenters. The van der Waals surface area contributed by atoms with Crippen LogP contribution in [0.1, 0.15) is 37.1 Å². The Kier molecular flexibility index (Phi) is 6.77. The number of hydrogen-bond acceptors (Lipinski definition) is 6. The monoisotopic (exact) mass is 388 g/mol. The van der Waals surface area contributed by atoms with Gasteiger partial charge in [0.1, 0.15) is 0 Å². The first-order valence-corrected chi connectivity index (χ1v) is 9.59. The highest BCUT2D eigenvalue weighted by Crippen LogP contribution is 2.19. The number of aromatic amines is 2. The molecule has 28 heavy (non-hydrogen) atoms. The summed E-state index contributed by atoms with van der Waals surface area (Å²) in [6, 6.07) is -1.67. The highest BCUT2D eigenvalue weighted by molar-refractivity contribution is 5.83. The lowest BCUT2D eigenvalue weighted by Gasteiger charge is -2.34. The predicted molar refractivity (Wildman–Crippen MR) is 103 cm³/mol. The van der Waals surface area contributed by atoms with E-state index in [1.807, 2.05) is 0 Å². The van der Waals surface area contributed by atoms with Crippen LogP contribution in [0.3, 0.4) is 0 Å². The van der Waals surface area contributed by atoms with E-state index in [1.54, 1.807) is 25.0 Å². The van der Waals surface area contributed by atoms with Crippen LogP contribution < -0.4 is 22.1 Å². The van der Waals surface area contributed by atoms with Crippen LogP contribution in [0, 0.1) is 0 Å². The smallest absolute Gasteiger partial charge is 0.237 e. The van der Waals surface area contributed by atoms with Gasteiger partial charge in [-0.3, -0.25) is 9.59 Å². The van der Waals surface area contributed by atoms with E-state index in [0.29, 0.717) is 12.8 Å². The first kappa shape index (κ1) is 20.0. The SMILES string of the molecule is NC(Cc1cnc[nH]1)C(=O)NC1CCCCC1NC(=O)C(N)Cc1cnc[nH]1. The van der Waals surface area contributed by atoms with Gasteiger partial charge in [0.15, 0.2) is 0 Å². The zero-order valence-corrected chi connectivity index (χ0v) is 15.7. The van der Waals surface area contributed by atoms with Gasteiger partial charge in [-0.25, -0.2) is 9.97 Å². The number of aromatic nitrogens is 4. The quantitative estimate of drug-likeness (QED) is 0.343. The van der Waals surface area contributed by atoms with Crippen molar-refractivity contribution < 1.29 is 9.59 Å². The molecule has 0 saturated heterocycles. The standard InChI is InChI=1S/C18H28N8O2/c19-13(5-11-7-21-9-23-11)17(27)25-15-3-1-2-4-16(15)26-18(28)14(20)6-12-8-22-10-24-12/h7-10,13-16H,1-6,19-20H2,(H,21,23)(H,22,24)(H,25,27)(H,26,28). The molecule has 3 rings (SSSR count). The first-order chi connectivity index (χ1) is 13.5. The fourth-order valence-corrected chi connectivity index (χ4v) is 3.51. The first-order valence-electron chi connectivity index (χ1n) is 9.59. The summed E-state index contributed by atoms with van der Waals surface area (Å²) in [5, 5.41) is 6.00. The summed E-state index contributed by atoms with van der Waals surface area (Å²) in [4.78, 5) is 38.7. The molecule has 0 spiro atoms. The highest BCUT2D eigenvalue weighted by Gasteiger charge is 2.30. The molecule has 8 N–H and O–H groups in total. The van der Waals surface area contributed by atoms with Crippen molar-refractivity contribution in [2.24, 2.45) is 11.5 Å². The van der Waals surface area contributed by atoms with E-state index in [2.05, 4.69) is 30.6 Å². The molecule has 1 aliphatic carbocycles. The minimum atomic E-state index is -0.679. The van der Waals surface area contributed by atoms with Gasteiger partial charge < -0.3 is 32.1 Å². The number of rotatable bonds is 8. The molecule has 2 amide bonds. The van der Waals surface area contributed by atoms with E-state index in [-0.39, 0.29) is 23.9 Å². The summed E-state index contributed by atoms with van der Waals surface area (Å²) in [7, 11) is 0. The molecule has 0 radical (unpaired) electrons. The van der Waals surface area contributed by atoms with Crippen molar-refractivity contribution >= 4 is 11.8 Å². The number of H-pyrrole nitrogens is 2. The largest absolute Gasteiger partial charge is 0.350 e. The van der Waals surface area contributed by atoms with Gasteiger partial charge in [-0.1, -0.05) is 12.8 Å². The minimum absolute atomic E-state index is 0.155. The zero-order chi connectivity index (χ0) is 19.9. The Bertz CT molecular complexity index is 681. The van der Waals surface area contributed by atoms with E-state index in [1.165, 1.54) is 0 Å². The molecule has 2 heterocycles. The third-order valence-corrected chi connectivity index (χ3v) is 5.08. The predicted octanol–water partition coefficient (Wildman–Crippen LogP) is -0.884. The number of imidazole rings is 2. The number of carbonyl (C=O) groups excluding carboxylic acids is 2. The molecule has 1 fully saturated rings. The Labute approximate surface area is 163 Å². The molecule has 4 unspecified atom stereocenters. The number of nitrogens with two attached hydrogens (primary N) is 2. The second kappa shape index (κ2) is 9.47. The Balaban J connectivity index is 1.52. The van der Waals surface area contributed by atoms with Gasteiger partial charge in [-0.15, -0.1) is 0 Å². The molecule has 0 aromatic carbocycles. The Hall–Kier alpha value is -2.72. The number of nitrogens with one attached hydrogen (secondary N) is 4. The van der Waals surface area contributed by atoms with Crippen LogP contribution in [-0.4, -0.2) is 55.9 Å². The molecule has 2 aromatic rings. The van der Waals surface area contributed by atoms with Crippen LogP contribution in [0.5, 0.6) is 0 Å². The lowest BCUT2D eigenvalue weighted by atomic mass is 9.89. The fourth-order valence-electron chi connectivity index (χ4n) is 3.51. The van der Waals surface area contributed by atoms with Gasteiger partial charge in [0.25, 0.3) is 0 Å². The van der Waals surface area contributed by atoms with Crippen LogP contribution in [0.15, 0.2) is 25.0 Å². The molecular formula is C18H28N8O2. The number of nitrogens with zero attached hydrogens (tertiary/aromatic N) is 2. The van der Waals surface area contributed by atoms with Gasteiger partial charge in [0.05, 0.1) is 24.7 Å². The van der Waals surface area contributed by atoms with Crippen molar-refractivity contribution in [1.29, 1.82) is 0 Å². The van der Waals surface area contributed by atoms with Crippen molar-refractivity contribution in [3.05, 3.63) is 36.4 Å². The van der Waals surface area contributed by atoms with Gasteiger partial charge in [-0.2, -0.15) is 0 Å². The van der Waals surface area contributed by atoms with Gasteiger partial charge >= 0.3 is 0 Å². The normalized spacial score (nSPS) is 21.6. The molecule has 1 saturated carbocycles. The maximum absolute atomic E-state index is 12.5. The molecule has 152 valence electrons. The average Bonchev–Trinajstić information content (AvgIpc) is 3.37. The van der Waals surface area contributed by atoms with Gasteiger partial charge in [0.2, 0.25) is 11.8 Å². The van der Waals surface area contributed by atoms with Crippen LogP contribution in [0.2, 0.25) is 0 Å². The Morgan fingerprint density at radius 3 is 1.71 bits per heavy atom. The Morgan fingerprint density at radius 1 is 0.929 bits per heavy atom. The third-order valence-electron chi connectivity index (χ3n) is 5.08. The van der Waals surface area contributed by atoms with Gasteiger partial charge in [0, 0.05) is 48.7 Å². The minimum Gasteiger partial charge on any atom is -0.350 e. The molecular weight excluding hydrogens is 360 g/mol. The van der Waals surface area contributed by atoms with Crippen LogP contribution in [0.25, 0.3) is 0 Å². The summed E-state index contributed by atoms with van der Waals surface area (Å²) >= 11 is 0. The number of carbonyl (C=O) groups is 2. The van der Waals surface area contributed by atoms with Crippen LogP contribution in [-0.2, 0) is 22.4 Å². The lowest BCUT2D eigenvalue weighted by Crippen LogP contribution is -2.58. The average molecular weight is 388 g/mol. The van der Waals surface area contributed by atoms with E-state index >= 15 is 0 Å². The molecule has 0 bridgehead atoms. The van der Waals surface area contributed by atoms with Gasteiger partial charge in [-0.05, 0) is 12.8 Å². The van der Waals surface area contributed by atoms with Crippen molar-refractivity contribution in [2.75, 3.05) is 0 Å². The fraction of sp³-hybridized carbons (Fsp3) is 0.556. The van der Waals surface area contributed by atoms with Crippen molar-refractivity contribution in [3.8, 4) is 0 Å². The van der Waals surface area contributed by atoms with E-state index in [4.69, 9.17) is 11.5 Å². The second-order valence-corrected chi connectivity index (χ2v) is 7.29. The second-order valence-electron chi connectivity index (χ2n) is 7.29. The molecule has 2 aromatic heterocycles. The zero-order valence-electron chi connectivity index (χ0n) is 15.7. The summed E-state index contributed by atoms with van der Waals surface area (Å²) < 4.78 is 0. The topological polar surface area (TPSA) is 168 Å². The molecule has 10 heteroatoms. The van der Waals surface area contributed by atoms with Crippen LogP contribution >= 0.6 is 0 Å². The maximum atomic E-state index is 12.5. The van der Waals surface area contributed by atoms with Crippen molar-refractivity contribution in [2.45, 2.75) is 62.7 Å². The summed E-state index contributed by atoms with van der Waals surface area (Å²) in [6.45, 7) is 0. The van der Waals surface area contributed by atoms with E-state index in [0.717, 1.165) is 37.1 Å². The number of amides is 2. The summed E-state index contributed by atoms with van der Waals surface area (Å²) in [5.41, 5.74) is 13.7. The Morgan fingerprint density at radius 2 is 1.36 bits per heavy atom. The van der Waals surface area contributed by atoms with Crippen LogP contribution in [0.4, 0.5) is 0 Å². The molecule has 10 nitrogen and oxygen atoms in total. The van der Waals surface area contributed by atoms with Crippen molar-refractivity contribution in [1.82, 2.24) is 30.6 Å². The third kappa shape index (κ3) is 5.40. The highest BCUT2D eigenvalue weighted by atomic mass is 16.2. The van der Waals surface area contributed by atoms with E-state index in [9.17, 15) is 9.59 Å². The molecule has 0 aliphatic heterocycles. The molecule has 1 aliphatic rings. The summed E-state index contributed by atoms with van der Waals surface area (Å²) in [6.07, 6.45) is 10.7.